The summed E-state index contributed by atoms with van der Waals surface area (Å²) in [5.74, 6) is 0.0498. The summed E-state index contributed by atoms with van der Waals surface area (Å²) in [5, 5.41) is 3.10. The molecule has 0 atom stereocenters. The third-order valence-electron chi connectivity index (χ3n) is 4.24. The smallest absolute Gasteiger partial charge is 0.277 e. The Bertz CT molecular complexity index is 694. The normalized spacial score (nSPS) is 16.0. The van der Waals surface area contributed by atoms with E-state index in [1.807, 2.05) is 0 Å². The molecule has 21 heavy (non-hydrogen) atoms. The topological polar surface area (TPSA) is 67.8 Å². The maximum atomic E-state index is 12.7. The summed E-state index contributed by atoms with van der Waals surface area (Å²) in [7, 11) is 1.66. The highest BCUT2D eigenvalue weighted by molar-refractivity contribution is 6.09. The quantitative estimate of drug-likeness (QED) is 0.880. The number of H-pyrrole nitrogens is 1. The van der Waals surface area contributed by atoms with Crippen LogP contribution in [0.15, 0.2) is 29.3 Å². The van der Waals surface area contributed by atoms with Crippen LogP contribution >= 0.6 is 0 Å². The van der Waals surface area contributed by atoms with E-state index in [1.165, 1.54) is 17.3 Å². The summed E-state index contributed by atoms with van der Waals surface area (Å²) in [6.45, 7) is 0. The second kappa shape index (κ2) is 5.68. The van der Waals surface area contributed by atoms with Crippen molar-refractivity contribution in [3.05, 3.63) is 51.7 Å². The van der Waals surface area contributed by atoms with Crippen LogP contribution in [0.4, 0.5) is 0 Å². The van der Waals surface area contributed by atoms with Crippen molar-refractivity contribution in [2.24, 2.45) is 7.05 Å². The van der Waals surface area contributed by atoms with E-state index < -0.39 is 0 Å². The van der Waals surface area contributed by atoms with Crippen LogP contribution in [-0.4, -0.2) is 20.5 Å². The molecule has 0 saturated heterocycles. The van der Waals surface area contributed by atoms with Crippen molar-refractivity contribution >= 4 is 5.78 Å². The van der Waals surface area contributed by atoms with Gasteiger partial charge in [0.2, 0.25) is 5.78 Å². The van der Waals surface area contributed by atoms with Gasteiger partial charge in [-0.2, -0.15) is 0 Å². The SMILES string of the molecule is Cn1[nH]c(C2CCCCC2)c(C(=O)c2cccnc2)c1=O. The van der Waals surface area contributed by atoms with Crippen LogP contribution in [0.3, 0.4) is 0 Å². The zero-order chi connectivity index (χ0) is 14.8. The van der Waals surface area contributed by atoms with E-state index in [2.05, 4.69) is 10.1 Å². The van der Waals surface area contributed by atoms with E-state index in [4.69, 9.17) is 0 Å². The molecular formula is C16H19N3O2. The molecule has 2 heterocycles. The lowest BCUT2D eigenvalue weighted by atomic mass is 9.84. The average Bonchev–Trinajstić information content (AvgIpc) is 2.84. The molecule has 0 aliphatic heterocycles. The van der Waals surface area contributed by atoms with Gasteiger partial charge in [-0.1, -0.05) is 19.3 Å². The molecule has 5 heteroatoms. The van der Waals surface area contributed by atoms with Gasteiger partial charge >= 0.3 is 0 Å². The molecule has 0 unspecified atom stereocenters. The van der Waals surface area contributed by atoms with E-state index in [-0.39, 0.29) is 22.8 Å². The first kappa shape index (κ1) is 13.8. The van der Waals surface area contributed by atoms with Crippen molar-refractivity contribution in [3.63, 3.8) is 0 Å². The molecule has 1 aliphatic carbocycles. The zero-order valence-electron chi connectivity index (χ0n) is 12.1. The fraction of sp³-hybridized carbons (Fsp3) is 0.438. The Morgan fingerprint density at radius 2 is 2.10 bits per heavy atom. The van der Waals surface area contributed by atoms with Crippen LogP contribution in [0.5, 0.6) is 0 Å². The van der Waals surface area contributed by atoms with E-state index in [0.29, 0.717) is 5.56 Å². The lowest BCUT2D eigenvalue weighted by Crippen LogP contribution is -2.20. The summed E-state index contributed by atoms with van der Waals surface area (Å²) in [6.07, 6.45) is 8.75. The number of nitrogens with zero attached hydrogens (tertiary/aromatic N) is 2. The van der Waals surface area contributed by atoms with Gasteiger partial charge in [-0.05, 0) is 25.0 Å². The van der Waals surface area contributed by atoms with Gasteiger partial charge in [0.1, 0.15) is 5.56 Å². The van der Waals surface area contributed by atoms with E-state index in [0.717, 1.165) is 31.4 Å². The molecule has 1 saturated carbocycles. The number of hydrogen-bond donors (Lipinski definition) is 1. The molecule has 3 rings (SSSR count). The Morgan fingerprint density at radius 1 is 1.33 bits per heavy atom. The second-order valence-corrected chi connectivity index (χ2v) is 5.67. The maximum Gasteiger partial charge on any atom is 0.277 e. The number of hydrogen-bond acceptors (Lipinski definition) is 3. The number of aryl methyl sites for hydroxylation is 1. The van der Waals surface area contributed by atoms with Gasteiger partial charge in [0.25, 0.3) is 5.56 Å². The van der Waals surface area contributed by atoms with Gasteiger partial charge in [0.05, 0.1) is 5.69 Å². The van der Waals surface area contributed by atoms with Gasteiger partial charge in [-0.3, -0.25) is 24.4 Å². The number of carbonyl (C=O) groups excluding carboxylic acids is 1. The van der Waals surface area contributed by atoms with Crippen molar-refractivity contribution in [3.8, 4) is 0 Å². The molecule has 0 amide bonds. The van der Waals surface area contributed by atoms with Crippen molar-refractivity contribution in [2.75, 3.05) is 0 Å². The van der Waals surface area contributed by atoms with E-state index >= 15 is 0 Å². The molecule has 1 N–H and O–H groups in total. The minimum atomic E-state index is -0.246. The molecular weight excluding hydrogens is 266 g/mol. The predicted octanol–water partition coefficient (Wildman–Crippen LogP) is 2.39. The fourth-order valence-electron chi connectivity index (χ4n) is 3.12. The monoisotopic (exact) mass is 285 g/mol. The predicted molar refractivity (Wildman–Crippen MR) is 79.5 cm³/mol. The number of aromatic nitrogens is 3. The van der Waals surface area contributed by atoms with Crippen molar-refractivity contribution in [1.29, 1.82) is 0 Å². The van der Waals surface area contributed by atoms with Gasteiger partial charge in [0, 0.05) is 30.9 Å². The number of aromatic amines is 1. The summed E-state index contributed by atoms with van der Waals surface area (Å²) in [5.41, 5.74) is 1.31. The largest absolute Gasteiger partial charge is 0.299 e. The van der Waals surface area contributed by atoms with Crippen molar-refractivity contribution in [1.82, 2.24) is 14.8 Å². The van der Waals surface area contributed by atoms with E-state index in [9.17, 15) is 9.59 Å². The van der Waals surface area contributed by atoms with E-state index in [1.54, 1.807) is 25.4 Å². The van der Waals surface area contributed by atoms with Gasteiger partial charge < -0.3 is 0 Å². The highest BCUT2D eigenvalue weighted by Gasteiger charge is 2.27. The molecule has 1 fully saturated rings. The van der Waals surface area contributed by atoms with Crippen LogP contribution in [0.1, 0.15) is 59.6 Å². The molecule has 0 bridgehead atoms. The maximum absolute atomic E-state index is 12.7. The van der Waals surface area contributed by atoms with Crippen molar-refractivity contribution < 1.29 is 4.79 Å². The standard InChI is InChI=1S/C16H19N3O2/c1-19-16(21)13(15(20)12-8-5-9-17-10-12)14(18-19)11-6-3-2-4-7-11/h5,8-11,18H,2-4,6-7H2,1H3. The number of pyridine rings is 1. The second-order valence-electron chi connectivity index (χ2n) is 5.67. The summed E-state index contributed by atoms with van der Waals surface area (Å²) in [6, 6.07) is 3.41. The number of rotatable bonds is 3. The van der Waals surface area contributed by atoms with Crippen LogP contribution in [0.2, 0.25) is 0 Å². The Kier molecular flexibility index (Phi) is 3.73. The summed E-state index contributed by atoms with van der Waals surface area (Å²) < 4.78 is 1.41. The van der Waals surface area contributed by atoms with Crippen LogP contribution in [0.25, 0.3) is 0 Å². The lowest BCUT2D eigenvalue weighted by molar-refractivity contribution is 0.103. The van der Waals surface area contributed by atoms with Crippen molar-refractivity contribution in [2.45, 2.75) is 38.0 Å². The minimum Gasteiger partial charge on any atom is -0.299 e. The molecule has 0 aromatic carbocycles. The highest BCUT2D eigenvalue weighted by Crippen LogP contribution is 2.33. The van der Waals surface area contributed by atoms with Gasteiger partial charge in [-0.25, -0.2) is 0 Å². The highest BCUT2D eigenvalue weighted by atomic mass is 16.2. The number of nitrogens with one attached hydrogen (secondary N) is 1. The van der Waals surface area contributed by atoms with Crippen LogP contribution < -0.4 is 5.56 Å². The molecule has 110 valence electrons. The Morgan fingerprint density at radius 3 is 2.76 bits per heavy atom. The molecule has 1 aliphatic rings. The third kappa shape index (κ3) is 2.55. The zero-order valence-corrected chi connectivity index (χ0v) is 12.1. The fourth-order valence-corrected chi connectivity index (χ4v) is 3.12. The molecule has 0 radical (unpaired) electrons. The lowest BCUT2D eigenvalue weighted by Gasteiger charge is -2.21. The minimum absolute atomic E-state index is 0.231. The van der Waals surface area contributed by atoms with Crippen LogP contribution in [0, 0.1) is 0 Å². The van der Waals surface area contributed by atoms with Crippen LogP contribution in [-0.2, 0) is 7.05 Å². The Balaban J connectivity index is 2.05. The molecule has 2 aromatic heterocycles. The first-order valence-corrected chi connectivity index (χ1v) is 7.42. The molecule has 5 nitrogen and oxygen atoms in total. The average molecular weight is 285 g/mol. The third-order valence-corrected chi connectivity index (χ3v) is 4.24. The molecule has 2 aromatic rings. The summed E-state index contributed by atoms with van der Waals surface area (Å²) in [4.78, 5) is 29.0. The first-order chi connectivity index (χ1) is 10.2. The number of ketones is 1. The van der Waals surface area contributed by atoms with Gasteiger partial charge in [0.15, 0.2) is 0 Å². The Hall–Kier alpha value is -2.17. The first-order valence-electron chi connectivity index (χ1n) is 7.42. The number of carbonyl (C=O) groups is 1. The van der Waals surface area contributed by atoms with Gasteiger partial charge in [-0.15, -0.1) is 0 Å². The Labute approximate surface area is 123 Å². The summed E-state index contributed by atoms with van der Waals surface area (Å²) >= 11 is 0. The molecule has 0 spiro atoms.